The van der Waals surface area contributed by atoms with E-state index in [4.69, 9.17) is 4.74 Å². The molecule has 0 spiro atoms. The van der Waals surface area contributed by atoms with Crippen LogP contribution in [0.5, 0.6) is 0 Å². The number of hydrogen-bond donors (Lipinski definition) is 0. The summed E-state index contributed by atoms with van der Waals surface area (Å²) in [5.74, 6) is 0. The Morgan fingerprint density at radius 2 is 2.07 bits per heavy atom. The normalized spacial score (nSPS) is 18.0. The van der Waals surface area contributed by atoms with Gasteiger partial charge >= 0.3 is 0 Å². The van der Waals surface area contributed by atoms with Crippen molar-refractivity contribution in [2.45, 2.75) is 19.4 Å². The van der Waals surface area contributed by atoms with E-state index in [2.05, 4.69) is 51.1 Å². The molecule has 0 saturated carbocycles. The number of aromatic nitrogens is 2. The van der Waals surface area contributed by atoms with Crippen molar-refractivity contribution >= 4 is 18.1 Å². The van der Waals surface area contributed by atoms with Crippen LogP contribution in [-0.2, 0) is 11.2 Å². The molecule has 2 aliphatic rings. The summed E-state index contributed by atoms with van der Waals surface area (Å²) in [6.07, 6.45) is 7.05. The average molecular weight is 389 g/mol. The molecule has 1 fully saturated rings. The maximum atomic E-state index is 5.46. The van der Waals surface area contributed by atoms with E-state index >= 15 is 0 Å². The third kappa shape index (κ3) is 4.21. The predicted octanol–water partition coefficient (Wildman–Crippen LogP) is 3.41. The summed E-state index contributed by atoms with van der Waals surface area (Å²) >= 11 is 0. The van der Waals surface area contributed by atoms with Crippen LogP contribution < -0.4 is 4.90 Å². The first kappa shape index (κ1) is 19.9. The lowest BCUT2D eigenvalue weighted by Crippen LogP contribution is -2.39. The van der Waals surface area contributed by atoms with E-state index in [-0.39, 0.29) is 12.4 Å². The van der Waals surface area contributed by atoms with Gasteiger partial charge in [-0.25, -0.2) is 4.98 Å². The molecule has 0 bridgehead atoms. The smallest absolute Gasteiger partial charge is 0.0953 e. The lowest BCUT2D eigenvalue weighted by Gasteiger charge is -2.30. The van der Waals surface area contributed by atoms with Crippen LogP contribution in [0.2, 0.25) is 0 Å². The van der Waals surface area contributed by atoms with Crippen LogP contribution in [0.4, 0.5) is 5.69 Å². The molecule has 3 heterocycles. The Morgan fingerprint density at radius 1 is 1.26 bits per heavy atom. The van der Waals surface area contributed by atoms with E-state index in [1.165, 1.54) is 22.5 Å². The van der Waals surface area contributed by atoms with Crippen molar-refractivity contribution in [2.75, 3.05) is 50.8 Å². The molecule has 4 rings (SSSR count). The molecule has 0 radical (unpaired) electrons. The summed E-state index contributed by atoms with van der Waals surface area (Å²) in [5.41, 5.74) is 5.24. The summed E-state index contributed by atoms with van der Waals surface area (Å²) in [6, 6.07) is 7.21. The predicted molar refractivity (Wildman–Crippen MR) is 113 cm³/mol. The molecule has 1 aromatic heterocycles. The van der Waals surface area contributed by atoms with Gasteiger partial charge in [-0.3, -0.25) is 4.90 Å². The number of fused-ring (bicyclic) bond motifs is 1. The van der Waals surface area contributed by atoms with E-state index in [0.29, 0.717) is 6.04 Å². The second kappa shape index (κ2) is 8.91. The van der Waals surface area contributed by atoms with Crippen molar-refractivity contribution in [3.8, 4) is 11.3 Å². The van der Waals surface area contributed by atoms with Crippen LogP contribution in [0.3, 0.4) is 0 Å². The van der Waals surface area contributed by atoms with Crippen molar-refractivity contribution in [1.82, 2.24) is 14.5 Å². The zero-order valence-electron chi connectivity index (χ0n) is 16.0. The summed E-state index contributed by atoms with van der Waals surface area (Å²) in [4.78, 5) is 9.32. The lowest BCUT2D eigenvalue weighted by molar-refractivity contribution is 0.0326. The van der Waals surface area contributed by atoms with Crippen molar-refractivity contribution in [3.63, 3.8) is 0 Å². The molecular weight excluding hydrogens is 360 g/mol. The Hall–Kier alpha value is -1.82. The number of halogens is 1. The maximum absolute atomic E-state index is 5.46. The molecule has 0 N–H and O–H groups in total. The molecule has 1 aromatic carbocycles. The van der Waals surface area contributed by atoms with Crippen LogP contribution in [0.15, 0.2) is 43.4 Å². The largest absolute Gasteiger partial charge is 0.379 e. The Morgan fingerprint density at radius 3 is 2.85 bits per heavy atom. The first-order chi connectivity index (χ1) is 12.8. The Labute approximate surface area is 168 Å². The van der Waals surface area contributed by atoms with Gasteiger partial charge in [-0.2, -0.15) is 0 Å². The number of rotatable bonds is 6. The number of nitrogens with zero attached hydrogens (tertiary/aromatic N) is 4. The molecular formula is C21H29ClN4O. The average Bonchev–Trinajstić information content (AvgIpc) is 3.30. The van der Waals surface area contributed by atoms with Gasteiger partial charge in [0.2, 0.25) is 0 Å². The monoisotopic (exact) mass is 388 g/mol. The third-order valence-electron chi connectivity index (χ3n) is 5.48. The van der Waals surface area contributed by atoms with Crippen LogP contribution >= 0.6 is 12.4 Å². The van der Waals surface area contributed by atoms with E-state index < -0.39 is 0 Å². The third-order valence-corrected chi connectivity index (χ3v) is 5.48. The zero-order valence-corrected chi connectivity index (χ0v) is 16.8. The number of imidazole rings is 1. The molecule has 5 nitrogen and oxygen atoms in total. The highest BCUT2D eigenvalue weighted by molar-refractivity contribution is 5.85. The number of morpholine rings is 1. The minimum atomic E-state index is 0. The van der Waals surface area contributed by atoms with E-state index in [1.807, 2.05) is 18.6 Å². The minimum absolute atomic E-state index is 0. The fraction of sp³-hybridized carbons (Fsp3) is 0.476. The quantitative estimate of drug-likeness (QED) is 0.710. The van der Waals surface area contributed by atoms with Crippen LogP contribution in [-0.4, -0.2) is 60.4 Å². The molecule has 0 aliphatic carbocycles. The highest BCUT2D eigenvalue weighted by Gasteiger charge is 2.21. The molecule has 2 aromatic rings. The van der Waals surface area contributed by atoms with Gasteiger partial charge in [0.25, 0.3) is 0 Å². The van der Waals surface area contributed by atoms with Crippen LogP contribution in [0, 0.1) is 0 Å². The van der Waals surface area contributed by atoms with Crippen molar-refractivity contribution < 1.29 is 4.74 Å². The second-order valence-electron chi connectivity index (χ2n) is 7.28. The van der Waals surface area contributed by atoms with E-state index in [1.54, 1.807) is 0 Å². The maximum Gasteiger partial charge on any atom is 0.0953 e. The minimum Gasteiger partial charge on any atom is -0.379 e. The first-order valence-corrected chi connectivity index (χ1v) is 9.57. The van der Waals surface area contributed by atoms with Gasteiger partial charge < -0.3 is 14.2 Å². The van der Waals surface area contributed by atoms with Gasteiger partial charge in [-0.05, 0) is 31.0 Å². The molecule has 0 amide bonds. The van der Waals surface area contributed by atoms with Gasteiger partial charge in [0.15, 0.2) is 0 Å². The molecule has 146 valence electrons. The summed E-state index contributed by atoms with van der Waals surface area (Å²) < 4.78 is 7.78. The van der Waals surface area contributed by atoms with Gasteiger partial charge in [-0.15, -0.1) is 19.0 Å². The molecule has 1 saturated heterocycles. The topological polar surface area (TPSA) is 33.5 Å². The van der Waals surface area contributed by atoms with Crippen LogP contribution in [0.25, 0.3) is 11.3 Å². The number of anilines is 1. The molecule has 6 heteroatoms. The van der Waals surface area contributed by atoms with Gasteiger partial charge in [0.1, 0.15) is 0 Å². The molecule has 1 unspecified atom stereocenters. The fourth-order valence-electron chi connectivity index (χ4n) is 4.10. The van der Waals surface area contributed by atoms with E-state index in [0.717, 1.165) is 52.4 Å². The summed E-state index contributed by atoms with van der Waals surface area (Å²) in [5, 5.41) is 0. The Kier molecular flexibility index (Phi) is 6.58. The van der Waals surface area contributed by atoms with E-state index in [9.17, 15) is 0 Å². The first-order valence-electron chi connectivity index (χ1n) is 9.57. The van der Waals surface area contributed by atoms with Gasteiger partial charge in [-0.1, -0.05) is 12.1 Å². The summed E-state index contributed by atoms with van der Waals surface area (Å²) in [6.45, 7) is 12.9. The van der Waals surface area contributed by atoms with Crippen molar-refractivity contribution in [3.05, 3.63) is 48.9 Å². The Balaban J connectivity index is 0.00000210. The van der Waals surface area contributed by atoms with Crippen molar-refractivity contribution in [2.24, 2.45) is 0 Å². The van der Waals surface area contributed by atoms with Crippen molar-refractivity contribution in [1.29, 1.82) is 0 Å². The highest BCUT2D eigenvalue weighted by atomic mass is 35.5. The highest BCUT2D eigenvalue weighted by Crippen LogP contribution is 2.33. The Bertz CT molecular complexity index is 769. The molecule has 27 heavy (non-hydrogen) atoms. The number of hydrogen-bond acceptors (Lipinski definition) is 4. The standard InChI is InChI=1S/C21H28N4O.ClH/c1-3-7-24-8-6-19-13-18(4-5-20(19)24)21-14-22-16-25(21)17(2)15-23-9-11-26-12-10-23;/h3-5,13-14,16-17H,1,6-12,15H2,2H3;1H. The number of ether oxygens (including phenoxy) is 1. The second-order valence-corrected chi connectivity index (χ2v) is 7.28. The molecule has 2 aliphatic heterocycles. The van der Waals surface area contributed by atoms with Gasteiger partial charge in [0, 0.05) is 50.0 Å². The SMILES string of the molecule is C=CCN1CCc2cc(-c3cncn3C(C)CN3CCOCC3)ccc21.Cl. The van der Waals surface area contributed by atoms with Crippen LogP contribution in [0.1, 0.15) is 18.5 Å². The zero-order chi connectivity index (χ0) is 17.9. The fourth-order valence-corrected chi connectivity index (χ4v) is 4.10. The van der Waals surface area contributed by atoms with Gasteiger partial charge in [0.05, 0.1) is 31.4 Å². The lowest BCUT2D eigenvalue weighted by atomic mass is 10.1. The molecule has 1 atom stereocenters. The summed E-state index contributed by atoms with van der Waals surface area (Å²) in [7, 11) is 0. The number of benzene rings is 1.